The third-order valence-corrected chi connectivity index (χ3v) is 10.9. The van der Waals surface area contributed by atoms with Crippen LogP contribution >= 0.6 is 0 Å². The second-order valence-electron chi connectivity index (χ2n) is 14.0. The molecule has 7 aromatic carbocycles. The standard InChI is InChI=1S/C48H30N4O3/c1-2-12-30(13-3-1)50-29-51(41-18-8-7-17-40(41)50)31-24-38-37-28-44-36(35-15-5-9-19-43(35)54-44)27-45(37)55-48(38)46(25-31)53-32-21-22-34-33-14-4-6-16-39(33)52(42(34)26-32)47-20-10-11-23-49-47/h1-28H,29H2. The van der Waals surface area contributed by atoms with Crippen LogP contribution in [0.4, 0.5) is 22.7 Å². The molecule has 5 heterocycles. The van der Waals surface area contributed by atoms with Gasteiger partial charge in [-0.15, -0.1) is 0 Å². The fourth-order valence-electron chi connectivity index (χ4n) is 8.42. The van der Waals surface area contributed by atoms with Crippen molar-refractivity contribution in [3.63, 3.8) is 0 Å². The van der Waals surface area contributed by atoms with Crippen LogP contribution < -0.4 is 14.5 Å². The van der Waals surface area contributed by atoms with Crippen molar-refractivity contribution in [1.29, 1.82) is 0 Å². The summed E-state index contributed by atoms with van der Waals surface area (Å²) >= 11 is 0. The summed E-state index contributed by atoms with van der Waals surface area (Å²) in [7, 11) is 0. The van der Waals surface area contributed by atoms with Crippen molar-refractivity contribution in [3.8, 4) is 17.3 Å². The van der Waals surface area contributed by atoms with Crippen molar-refractivity contribution in [2.45, 2.75) is 0 Å². The zero-order valence-electron chi connectivity index (χ0n) is 29.4. The van der Waals surface area contributed by atoms with Gasteiger partial charge in [0.05, 0.1) is 22.4 Å². The summed E-state index contributed by atoms with van der Waals surface area (Å²) in [5.74, 6) is 2.17. The molecule has 1 aliphatic heterocycles. The first-order chi connectivity index (χ1) is 27.2. The van der Waals surface area contributed by atoms with E-state index in [0.717, 1.165) is 88.7 Å². The van der Waals surface area contributed by atoms with E-state index in [2.05, 4.69) is 136 Å². The monoisotopic (exact) mass is 710 g/mol. The lowest BCUT2D eigenvalue weighted by Gasteiger charge is -2.22. The quantitative estimate of drug-likeness (QED) is 0.177. The fraction of sp³-hybridized carbons (Fsp3) is 0.0208. The van der Waals surface area contributed by atoms with E-state index >= 15 is 0 Å². The molecule has 55 heavy (non-hydrogen) atoms. The number of fused-ring (bicyclic) bond motifs is 10. The second-order valence-corrected chi connectivity index (χ2v) is 14.0. The van der Waals surface area contributed by atoms with Gasteiger partial charge in [-0.1, -0.05) is 72.8 Å². The lowest BCUT2D eigenvalue weighted by molar-refractivity contribution is 0.477. The number of aromatic nitrogens is 2. The highest BCUT2D eigenvalue weighted by molar-refractivity contribution is 6.16. The summed E-state index contributed by atoms with van der Waals surface area (Å²) in [6.45, 7) is 0.633. The number of ether oxygens (including phenoxy) is 1. The van der Waals surface area contributed by atoms with Gasteiger partial charge in [-0.05, 0) is 78.9 Å². The minimum absolute atomic E-state index is 0.626. The zero-order chi connectivity index (χ0) is 36.0. The molecule has 0 unspecified atom stereocenters. The van der Waals surface area contributed by atoms with Crippen LogP contribution in [0.5, 0.6) is 11.5 Å². The number of rotatable bonds is 5. The molecular formula is C48H30N4O3. The number of hydrogen-bond donors (Lipinski definition) is 0. The third-order valence-electron chi connectivity index (χ3n) is 10.9. The number of para-hydroxylation sites is 5. The smallest absolute Gasteiger partial charge is 0.178 e. The maximum absolute atomic E-state index is 6.97. The Morgan fingerprint density at radius 3 is 2.00 bits per heavy atom. The normalized spacial score (nSPS) is 12.9. The zero-order valence-corrected chi connectivity index (χ0v) is 29.4. The van der Waals surface area contributed by atoms with Crippen molar-refractivity contribution in [1.82, 2.24) is 9.55 Å². The van der Waals surface area contributed by atoms with Gasteiger partial charge >= 0.3 is 0 Å². The van der Waals surface area contributed by atoms with Gasteiger partial charge in [0.2, 0.25) is 0 Å². The molecule has 11 aromatic rings. The summed E-state index contributed by atoms with van der Waals surface area (Å²) in [4.78, 5) is 9.42. The SMILES string of the molecule is c1ccc(N2CN(c3cc(Oc4ccc5c6ccccc6n(-c6ccccn6)c5c4)c4oc5cc6c(cc5c4c3)oc3ccccc36)c3ccccc32)cc1. The molecule has 0 N–H and O–H groups in total. The predicted octanol–water partition coefficient (Wildman–Crippen LogP) is 13.0. The number of furan rings is 2. The number of nitrogens with zero attached hydrogens (tertiary/aromatic N) is 4. The second kappa shape index (κ2) is 11.5. The average Bonchev–Trinajstić information content (AvgIpc) is 3.99. The molecule has 0 saturated heterocycles. The van der Waals surface area contributed by atoms with Crippen LogP contribution in [-0.4, -0.2) is 16.2 Å². The number of pyridine rings is 1. The molecular weight excluding hydrogens is 681 g/mol. The molecule has 7 heteroatoms. The summed E-state index contributed by atoms with van der Waals surface area (Å²) in [5.41, 5.74) is 9.60. The topological polar surface area (TPSA) is 59.8 Å². The van der Waals surface area contributed by atoms with E-state index in [4.69, 9.17) is 18.6 Å². The molecule has 4 aromatic heterocycles. The molecule has 0 radical (unpaired) electrons. The Balaban J connectivity index is 1.07. The Hall–Kier alpha value is -7.51. The molecule has 0 atom stereocenters. The highest BCUT2D eigenvalue weighted by atomic mass is 16.5. The van der Waals surface area contributed by atoms with Crippen molar-refractivity contribution < 1.29 is 13.6 Å². The summed E-state index contributed by atoms with van der Waals surface area (Å²) in [6, 6.07) is 56.4. The van der Waals surface area contributed by atoms with Crippen molar-refractivity contribution >= 4 is 88.4 Å². The molecule has 12 rings (SSSR count). The number of benzene rings is 7. The third kappa shape index (κ3) is 4.53. The highest BCUT2D eigenvalue weighted by Gasteiger charge is 2.29. The van der Waals surface area contributed by atoms with Crippen LogP contribution in [-0.2, 0) is 0 Å². The van der Waals surface area contributed by atoms with E-state index in [1.165, 1.54) is 0 Å². The van der Waals surface area contributed by atoms with E-state index in [1.54, 1.807) is 0 Å². The van der Waals surface area contributed by atoms with Crippen LogP contribution in [0.25, 0.3) is 71.5 Å². The highest BCUT2D eigenvalue weighted by Crippen LogP contribution is 2.48. The molecule has 0 spiro atoms. The molecule has 0 fully saturated rings. The summed E-state index contributed by atoms with van der Waals surface area (Å²) < 4.78 is 22.3. The number of anilines is 4. The van der Waals surface area contributed by atoms with Gasteiger partial charge in [0.15, 0.2) is 11.3 Å². The van der Waals surface area contributed by atoms with Crippen LogP contribution in [0.3, 0.4) is 0 Å². The van der Waals surface area contributed by atoms with Gasteiger partial charge < -0.3 is 23.4 Å². The Bertz CT molecular complexity index is 3290. The van der Waals surface area contributed by atoms with Crippen LogP contribution in [0.15, 0.2) is 179 Å². The van der Waals surface area contributed by atoms with E-state index in [0.29, 0.717) is 23.8 Å². The van der Waals surface area contributed by atoms with Crippen molar-refractivity contribution in [3.05, 3.63) is 170 Å². The lowest BCUT2D eigenvalue weighted by atomic mass is 10.1. The van der Waals surface area contributed by atoms with E-state index in [-0.39, 0.29) is 0 Å². The average molecular weight is 711 g/mol. The first-order valence-corrected chi connectivity index (χ1v) is 18.4. The Morgan fingerprint density at radius 2 is 1.16 bits per heavy atom. The van der Waals surface area contributed by atoms with Crippen molar-refractivity contribution in [2.75, 3.05) is 16.5 Å². The number of hydrogen-bond acceptors (Lipinski definition) is 6. The van der Waals surface area contributed by atoms with E-state index in [1.807, 2.05) is 48.7 Å². The van der Waals surface area contributed by atoms with Crippen molar-refractivity contribution in [2.24, 2.45) is 0 Å². The molecule has 260 valence electrons. The van der Waals surface area contributed by atoms with E-state index in [9.17, 15) is 0 Å². The molecule has 7 nitrogen and oxygen atoms in total. The van der Waals surface area contributed by atoms with E-state index < -0.39 is 0 Å². The minimum Gasteiger partial charge on any atom is -0.456 e. The largest absolute Gasteiger partial charge is 0.456 e. The Kier molecular flexibility index (Phi) is 6.27. The molecule has 0 amide bonds. The Morgan fingerprint density at radius 1 is 0.473 bits per heavy atom. The van der Waals surface area contributed by atoms with Gasteiger partial charge in [0.1, 0.15) is 35.0 Å². The van der Waals surface area contributed by atoms with Crippen LogP contribution in [0.1, 0.15) is 0 Å². The predicted molar refractivity (Wildman–Crippen MR) is 222 cm³/mol. The summed E-state index contributed by atoms with van der Waals surface area (Å²) in [6.07, 6.45) is 1.83. The first-order valence-electron chi connectivity index (χ1n) is 18.4. The van der Waals surface area contributed by atoms with Crippen LogP contribution in [0, 0.1) is 0 Å². The maximum atomic E-state index is 6.97. The first kappa shape index (κ1) is 30.0. The Labute approximate surface area is 314 Å². The maximum Gasteiger partial charge on any atom is 0.178 e. The van der Waals surface area contributed by atoms with Gasteiger partial charge in [-0.3, -0.25) is 4.57 Å². The molecule has 0 saturated carbocycles. The summed E-state index contributed by atoms with van der Waals surface area (Å²) in [5, 5.41) is 6.27. The molecule has 0 bridgehead atoms. The fourth-order valence-corrected chi connectivity index (χ4v) is 8.42. The van der Waals surface area contributed by atoms with Crippen LogP contribution in [0.2, 0.25) is 0 Å². The van der Waals surface area contributed by atoms with Gasteiger partial charge in [-0.25, -0.2) is 4.98 Å². The molecule has 0 aliphatic carbocycles. The van der Waals surface area contributed by atoms with Gasteiger partial charge in [0, 0.05) is 62.0 Å². The minimum atomic E-state index is 0.626. The lowest BCUT2D eigenvalue weighted by Crippen LogP contribution is -2.23. The van der Waals surface area contributed by atoms with Gasteiger partial charge in [-0.2, -0.15) is 0 Å². The van der Waals surface area contributed by atoms with Gasteiger partial charge in [0.25, 0.3) is 0 Å². The molecule has 1 aliphatic rings.